The number of nitrogens with zero attached hydrogens (tertiary/aromatic N) is 2. The van der Waals surface area contributed by atoms with Crippen LogP contribution in [0.1, 0.15) is 23.2 Å². The Kier molecular flexibility index (Phi) is 5.26. The Morgan fingerprint density at radius 2 is 1.95 bits per heavy atom. The Balaban J connectivity index is 1.84. The summed E-state index contributed by atoms with van der Waals surface area (Å²) in [5.41, 5.74) is 0.733. The molecule has 118 valence electrons. The standard InChI is InChI=1S/C17H21BrN2OS/c1-22-17(12-16(21)14-4-2-3-5-15(14)18)20-11-10-19-8-6-13(20)7-9-19/h2-5,12-13H,6-11H2,1H3/b17-12-. The molecule has 3 nitrogen and oxygen atoms in total. The molecule has 0 N–H and O–H groups in total. The number of allylic oxidation sites excluding steroid dienone is 1. The summed E-state index contributed by atoms with van der Waals surface area (Å²) in [7, 11) is 0. The highest BCUT2D eigenvalue weighted by atomic mass is 79.9. The first-order valence-electron chi connectivity index (χ1n) is 7.72. The fourth-order valence-corrected chi connectivity index (χ4v) is 4.47. The molecule has 0 amide bonds. The van der Waals surface area contributed by atoms with Crippen molar-refractivity contribution in [3.8, 4) is 0 Å². The van der Waals surface area contributed by atoms with Gasteiger partial charge in [0.2, 0.25) is 0 Å². The van der Waals surface area contributed by atoms with Gasteiger partial charge in [0.05, 0.1) is 5.03 Å². The van der Waals surface area contributed by atoms with Gasteiger partial charge in [-0.1, -0.05) is 28.1 Å². The molecule has 1 aromatic carbocycles. The van der Waals surface area contributed by atoms with Crippen molar-refractivity contribution in [2.75, 3.05) is 32.4 Å². The van der Waals surface area contributed by atoms with Gasteiger partial charge in [-0.2, -0.15) is 0 Å². The van der Waals surface area contributed by atoms with Crippen LogP contribution < -0.4 is 0 Å². The molecule has 0 unspecified atom stereocenters. The average Bonchev–Trinajstić information content (AvgIpc) is 2.86. The van der Waals surface area contributed by atoms with Gasteiger partial charge in [0.25, 0.3) is 0 Å². The molecule has 3 aliphatic rings. The number of rotatable bonds is 4. The SMILES string of the molecule is CS/C(=C\C(=O)c1ccccc1Br)N1CCN2CCC1CC2. The lowest BCUT2D eigenvalue weighted by molar-refractivity contribution is 0.104. The summed E-state index contributed by atoms with van der Waals surface area (Å²) >= 11 is 5.16. The Morgan fingerprint density at radius 3 is 2.64 bits per heavy atom. The van der Waals surface area contributed by atoms with E-state index in [4.69, 9.17) is 0 Å². The van der Waals surface area contributed by atoms with Crippen molar-refractivity contribution in [2.45, 2.75) is 18.9 Å². The lowest BCUT2D eigenvalue weighted by atomic mass is 10.1. The molecule has 22 heavy (non-hydrogen) atoms. The molecule has 0 spiro atoms. The number of fused-ring (bicyclic) bond motifs is 4. The second-order valence-electron chi connectivity index (χ2n) is 5.80. The maximum atomic E-state index is 12.6. The normalized spacial score (nSPS) is 25.2. The van der Waals surface area contributed by atoms with Gasteiger partial charge < -0.3 is 9.80 Å². The summed E-state index contributed by atoms with van der Waals surface area (Å²) in [5.74, 6) is 0.0796. The fraction of sp³-hybridized carbons (Fsp3) is 0.471. The third-order valence-corrected chi connectivity index (χ3v) is 6.00. The highest BCUT2D eigenvalue weighted by Crippen LogP contribution is 2.29. The molecule has 1 aromatic rings. The summed E-state index contributed by atoms with van der Waals surface area (Å²) in [4.78, 5) is 17.6. The Bertz CT molecular complexity index is 582. The summed E-state index contributed by atoms with van der Waals surface area (Å²) in [5, 5.41) is 1.11. The van der Waals surface area contributed by atoms with Gasteiger partial charge in [-0.25, -0.2) is 0 Å². The Hall–Kier alpha value is -0.780. The quantitative estimate of drug-likeness (QED) is 0.587. The number of carbonyl (C=O) groups is 1. The van der Waals surface area contributed by atoms with Crippen molar-refractivity contribution >= 4 is 33.5 Å². The van der Waals surface area contributed by atoms with E-state index in [1.807, 2.05) is 30.3 Å². The van der Waals surface area contributed by atoms with Crippen molar-refractivity contribution in [3.63, 3.8) is 0 Å². The number of thioether (sulfide) groups is 1. The molecule has 3 saturated heterocycles. The molecule has 2 bridgehead atoms. The molecule has 3 heterocycles. The van der Waals surface area contributed by atoms with Crippen LogP contribution in [0.25, 0.3) is 0 Å². The minimum absolute atomic E-state index is 0.0796. The first-order valence-corrected chi connectivity index (χ1v) is 9.74. The van der Waals surface area contributed by atoms with E-state index in [-0.39, 0.29) is 5.78 Å². The zero-order chi connectivity index (χ0) is 15.5. The van der Waals surface area contributed by atoms with E-state index < -0.39 is 0 Å². The molecular weight excluding hydrogens is 360 g/mol. The number of hydrogen-bond acceptors (Lipinski definition) is 4. The minimum Gasteiger partial charge on any atom is -0.362 e. The number of hydrogen-bond donors (Lipinski definition) is 0. The van der Waals surface area contributed by atoms with Crippen LogP contribution in [0.15, 0.2) is 39.8 Å². The maximum Gasteiger partial charge on any atom is 0.189 e. The van der Waals surface area contributed by atoms with Gasteiger partial charge >= 0.3 is 0 Å². The molecule has 3 aliphatic heterocycles. The molecular formula is C17H21BrN2OS. The first-order chi connectivity index (χ1) is 10.7. The van der Waals surface area contributed by atoms with Crippen LogP contribution in [-0.4, -0.2) is 54.1 Å². The second-order valence-corrected chi connectivity index (χ2v) is 7.48. The Morgan fingerprint density at radius 1 is 1.23 bits per heavy atom. The fourth-order valence-electron chi connectivity index (χ4n) is 3.29. The van der Waals surface area contributed by atoms with E-state index in [0.29, 0.717) is 6.04 Å². The van der Waals surface area contributed by atoms with Crippen LogP contribution in [-0.2, 0) is 0 Å². The number of piperidine rings is 1. The number of halogens is 1. The van der Waals surface area contributed by atoms with Gasteiger partial charge in [-0.05, 0) is 31.2 Å². The lowest BCUT2D eigenvalue weighted by Crippen LogP contribution is -2.37. The Labute approximate surface area is 144 Å². The molecule has 4 rings (SSSR count). The maximum absolute atomic E-state index is 12.6. The largest absolute Gasteiger partial charge is 0.362 e. The summed E-state index contributed by atoms with van der Waals surface area (Å²) in [6.07, 6.45) is 6.30. The molecule has 0 aliphatic carbocycles. The third-order valence-electron chi connectivity index (χ3n) is 4.54. The van der Waals surface area contributed by atoms with Crippen molar-refractivity contribution < 1.29 is 4.79 Å². The van der Waals surface area contributed by atoms with E-state index in [9.17, 15) is 4.79 Å². The summed E-state index contributed by atoms with van der Waals surface area (Å²) in [6, 6.07) is 8.22. The van der Waals surface area contributed by atoms with Crippen LogP contribution in [0.5, 0.6) is 0 Å². The molecule has 3 fully saturated rings. The predicted molar refractivity (Wildman–Crippen MR) is 96.2 cm³/mol. The van der Waals surface area contributed by atoms with E-state index in [1.54, 1.807) is 11.8 Å². The molecule has 0 aromatic heterocycles. The molecule has 0 atom stereocenters. The van der Waals surface area contributed by atoms with E-state index >= 15 is 0 Å². The zero-order valence-corrected chi connectivity index (χ0v) is 15.2. The summed E-state index contributed by atoms with van der Waals surface area (Å²) < 4.78 is 0.861. The van der Waals surface area contributed by atoms with Crippen LogP contribution in [0.3, 0.4) is 0 Å². The van der Waals surface area contributed by atoms with E-state index in [1.165, 1.54) is 25.9 Å². The van der Waals surface area contributed by atoms with Crippen molar-refractivity contribution in [2.24, 2.45) is 0 Å². The summed E-state index contributed by atoms with van der Waals surface area (Å²) in [6.45, 7) is 4.53. The smallest absolute Gasteiger partial charge is 0.189 e. The topological polar surface area (TPSA) is 23.6 Å². The molecule has 0 radical (unpaired) electrons. The van der Waals surface area contributed by atoms with Gasteiger partial charge in [0.1, 0.15) is 0 Å². The minimum atomic E-state index is 0.0796. The van der Waals surface area contributed by atoms with Gasteiger partial charge in [0, 0.05) is 48.3 Å². The van der Waals surface area contributed by atoms with Crippen molar-refractivity contribution in [1.82, 2.24) is 9.80 Å². The third kappa shape index (κ3) is 3.42. The number of ketones is 1. The van der Waals surface area contributed by atoms with Crippen molar-refractivity contribution in [3.05, 3.63) is 45.4 Å². The van der Waals surface area contributed by atoms with Crippen LogP contribution in [0.2, 0.25) is 0 Å². The van der Waals surface area contributed by atoms with E-state index in [0.717, 1.165) is 28.2 Å². The van der Waals surface area contributed by atoms with Crippen molar-refractivity contribution in [1.29, 1.82) is 0 Å². The van der Waals surface area contributed by atoms with Crippen LogP contribution in [0.4, 0.5) is 0 Å². The molecule has 5 heteroatoms. The highest BCUT2D eigenvalue weighted by Gasteiger charge is 2.30. The van der Waals surface area contributed by atoms with Crippen LogP contribution in [0, 0.1) is 0 Å². The monoisotopic (exact) mass is 380 g/mol. The van der Waals surface area contributed by atoms with E-state index in [2.05, 4.69) is 32.0 Å². The highest BCUT2D eigenvalue weighted by molar-refractivity contribution is 9.10. The second kappa shape index (κ2) is 7.20. The van der Waals surface area contributed by atoms with Crippen LogP contribution >= 0.6 is 27.7 Å². The number of carbonyl (C=O) groups excluding carboxylic acids is 1. The zero-order valence-electron chi connectivity index (χ0n) is 12.8. The predicted octanol–water partition coefficient (Wildman–Crippen LogP) is 3.62. The van der Waals surface area contributed by atoms with Gasteiger partial charge in [0.15, 0.2) is 5.78 Å². The van der Waals surface area contributed by atoms with Gasteiger partial charge in [-0.3, -0.25) is 4.79 Å². The first kappa shape index (κ1) is 16.1. The average molecular weight is 381 g/mol. The molecule has 0 saturated carbocycles. The van der Waals surface area contributed by atoms with Gasteiger partial charge in [-0.15, -0.1) is 11.8 Å². The lowest BCUT2D eigenvalue weighted by Gasteiger charge is -2.33. The number of benzene rings is 1.